The molecule has 0 amide bonds. The van der Waals surface area contributed by atoms with Crippen molar-refractivity contribution in [3.8, 4) is 0 Å². The molecule has 1 aromatic rings. The summed E-state index contributed by atoms with van der Waals surface area (Å²) >= 11 is 0. The fourth-order valence-electron chi connectivity index (χ4n) is 1.59. The quantitative estimate of drug-likeness (QED) is 0.743. The van der Waals surface area contributed by atoms with E-state index in [0.717, 1.165) is 32.7 Å². The molecule has 0 aliphatic rings. The molecule has 0 atom stereocenters. The zero-order valence-electron chi connectivity index (χ0n) is 12.3. The molecule has 0 heterocycles. The van der Waals surface area contributed by atoms with E-state index in [1.165, 1.54) is 11.1 Å². The second-order valence-corrected chi connectivity index (χ2v) is 5.96. The Morgan fingerprint density at radius 3 is 2.22 bits per heavy atom. The third kappa shape index (κ3) is 6.77. The molecular weight excluding hydrogens is 222 g/mol. The predicted molar refractivity (Wildman–Crippen MR) is 77.6 cm³/mol. The molecule has 102 valence electrons. The molecular formula is C16H27NO. The van der Waals surface area contributed by atoms with Gasteiger partial charge < -0.3 is 10.1 Å². The lowest BCUT2D eigenvalue weighted by atomic mass is 9.93. The van der Waals surface area contributed by atoms with Crippen molar-refractivity contribution in [3.05, 3.63) is 35.4 Å². The lowest BCUT2D eigenvalue weighted by Gasteiger charge is -2.17. The van der Waals surface area contributed by atoms with Gasteiger partial charge in [0, 0.05) is 13.2 Å². The molecule has 0 aliphatic heterocycles. The molecule has 0 fully saturated rings. The van der Waals surface area contributed by atoms with E-state index >= 15 is 0 Å². The van der Waals surface area contributed by atoms with Gasteiger partial charge in [-0.3, -0.25) is 0 Å². The van der Waals surface area contributed by atoms with Crippen molar-refractivity contribution in [2.45, 2.75) is 47.3 Å². The van der Waals surface area contributed by atoms with Gasteiger partial charge in [-0.25, -0.2) is 0 Å². The van der Waals surface area contributed by atoms with Crippen LogP contribution in [0.3, 0.4) is 0 Å². The molecule has 1 aromatic carbocycles. The van der Waals surface area contributed by atoms with Gasteiger partial charge in [-0.05, 0) is 29.5 Å². The zero-order valence-corrected chi connectivity index (χ0v) is 12.3. The summed E-state index contributed by atoms with van der Waals surface area (Å²) in [7, 11) is 0. The molecule has 0 radical (unpaired) electrons. The Morgan fingerprint density at radius 2 is 1.67 bits per heavy atom. The van der Waals surface area contributed by atoms with Gasteiger partial charge in [0.1, 0.15) is 0 Å². The van der Waals surface area contributed by atoms with Crippen LogP contribution in [0, 0.1) is 5.41 Å². The Bertz CT molecular complexity index is 324. The Morgan fingerprint density at radius 1 is 1.06 bits per heavy atom. The highest BCUT2D eigenvalue weighted by Crippen LogP contribution is 2.18. The van der Waals surface area contributed by atoms with E-state index in [9.17, 15) is 0 Å². The van der Waals surface area contributed by atoms with Crippen molar-refractivity contribution >= 4 is 0 Å². The van der Waals surface area contributed by atoms with E-state index in [-0.39, 0.29) is 0 Å². The standard InChI is InChI=1S/C16H27NO/c1-5-17-12-14-6-8-15(9-7-14)13-18-11-10-16(2,3)4/h6-9,17H,5,10-13H2,1-4H3. The first-order chi connectivity index (χ1) is 8.51. The topological polar surface area (TPSA) is 21.3 Å². The van der Waals surface area contributed by atoms with Gasteiger partial charge in [0.25, 0.3) is 0 Å². The fourth-order valence-corrected chi connectivity index (χ4v) is 1.59. The molecule has 0 aromatic heterocycles. The fraction of sp³-hybridized carbons (Fsp3) is 0.625. The van der Waals surface area contributed by atoms with Crippen molar-refractivity contribution in [3.63, 3.8) is 0 Å². The molecule has 2 heteroatoms. The predicted octanol–water partition coefficient (Wildman–Crippen LogP) is 3.75. The van der Waals surface area contributed by atoms with Crippen LogP contribution in [0.1, 0.15) is 45.2 Å². The molecule has 0 aliphatic carbocycles. The van der Waals surface area contributed by atoms with Crippen molar-refractivity contribution in [1.82, 2.24) is 5.32 Å². The van der Waals surface area contributed by atoms with Crippen LogP contribution in [-0.2, 0) is 17.9 Å². The molecule has 1 rings (SSSR count). The van der Waals surface area contributed by atoms with E-state index in [1.807, 2.05) is 0 Å². The normalized spacial score (nSPS) is 11.8. The van der Waals surface area contributed by atoms with Crippen LogP contribution in [0.15, 0.2) is 24.3 Å². The molecule has 0 spiro atoms. The van der Waals surface area contributed by atoms with Gasteiger partial charge in [-0.15, -0.1) is 0 Å². The summed E-state index contributed by atoms with van der Waals surface area (Å²) < 4.78 is 5.70. The third-order valence-corrected chi connectivity index (χ3v) is 2.87. The second kappa shape index (κ2) is 7.55. The van der Waals surface area contributed by atoms with Crippen LogP contribution in [0.5, 0.6) is 0 Å². The molecule has 2 nitrogen and oxygen atoms in total. The SMILES string of the molecule is CCNCc1ccc(COCCC(C)(C)C)cc1. The van der Waals surface area contributed by atoms with Crippen LogP contribution >= 0.6 is 0 Å². The Hall–Kier alpha value is -0.860. The first kappa shape index (κ1) is 15.2. The summed E-state index contributed by atoms with van der Waals surface area (Å²) in [6.45, 7) is 12.4. The average Bonchev–Trinajstić information content (AvgIpc) is 2.32. The molecule has 18 heavy (non-hydrogen) atoms. The van der Waals surface area contributed by atoms with Crippen LogP contribution in [0.2, 0.25) is 0 Å². The van der Waals surface area contributed by atoms with Gasteiger partial charge in [-0.2, -0.15) is 0 Å². The van der Waals surface area contributed by atoms with Crippen LogP contribution in [-0.4, -0.2) is 13.2 Å². The van der Waals surface area contributed by atoms with E-state index < -0.39 is 0 Å². The van der Waals surface area contributed by atoms with Crippen molar-refractivity contribution in [1.29, 1.82) is 0 Å². The minimum absolute atomic E-state index is 0.357. The summed E-state index contributed by atoms with van der Waals surface area (Å²) in [6, 6.07) is 8.66. The highest BCUT2D eigenvalue weighted by molar-refractivity contribution is 5.21. The summed E-state index contributed by atoms with van der Waals surface area (Å²) in [5, 5.41) is 3.32. The van der Waals surface area contributed by atoms with E-state index in [0.29, 0.717) is 5.41 Å². The summed E-state index contributed by atoms with van der Waals surface area (Å²) in [6.07, 6.45) is 1.10. The Labute approximate surface area is 112 Å². The number of rotatable bonds is 7. The first-order valence-electron chi connectivity index (χ1n) is 6.87. The van der Waals surface area contributed by atoms with Crippen LogP contribution in [0.25, 0.3) is 0 Å². The van der Waals surface area contributed by atoms with Crippen LogP contribution in [0.4, 0.5) is 0 Å². The molecule has 0 saturated carbocycles. The van der Waals surface area contributed by atoms with E-state index in [4.69, 9.17) is 4.74 Å². The van der Waals surface area contributed by atoms with Gasteiger partial charge in [-0.1, -0.05) is 52.0 Å². The number of ether oxygens (including phenoxy) is 1. The van der Waals surface area contributed by atoms with Crippen LogP contribution < -0.4 is 5.32 Å². The largest absolute Gasteiger partial charge is 0.377 e. The zero-order chi connectivity index (χ0) is 13.4. The summed E-state index contributed by atoms with van der Waals surface area (Å²) in [4.78, 5) is 0. The Kier molecular flexibility index (Phi) is 6.37. The van der Waals surface area contributed by atoms with Gasteiger partial charge in [0.15, 0.2) is 0 Å². The maximum absolute atomic E-state index is 5.70. The number of hydrogen-bond acceptors (Lipinski definition) is 2. The van der Waals surface area contributed by atoms with E-state index in [1.54, 1.807) is 0 Å². The number of nitrogens with one attached hydrogen (secondary N) is 1. The van der Waals surface area contributed by atoms with Gasteiger partial charge >= 0.3 is 0 Å². The second-order valence-electron chi connectivity index (χ2n) is 5.96. The molecule has 1 N–H and O–H groups in total. The monoisotopic (exact) mass is 249 g/mol. The lowest BCUT2D eigenvalue weighted by molar-refractivity contribution is 0.0962. The first-order valence-corrected chi connectivity index (χ1v) is 6.87. The van der Waals surface area contributed by atoms with Crippen molar-refractivity contribution in [2.75, 3.05) is 13.2 Å². The van der Waals surface area contributed by atoms with Gasteiger partial charge in [0.2, 0.25) is 0 Å². The smallest absolute Gasteiger partial charge is 0.0716 e. The molecule has 0 unspecified atom stereocenters. The minimum atomic E-state index is 0.357. The minimum Gasteiger partial charge on any atom is -0.377 e. The molecule has 0 bridgehead atoms. The average molecular weight is 249 g/mol. The van der Waals surface area contributed by atoms with Gasteiger partial charge in [0.05, 0.1) is 6.61 Å². The van der Waals surface area contributed by atoms with Crippen molar-refractivity contribution in [2.24, 2.45) is 5.41 Å². The molecule has 0 saturated heterocycles. The highest BCUT2D eigenvalue weighted by Gasteiger charge is 2.09. The highest BCUT2D eigenvalue weighted by atomic mass is 16.5. The number of benzene rings is 1. The van der Waals surface area contributed by atoms with E-state index in [2.05, 4.69) is 57.3 Å². The maximum Gasteiger partial charge on any atom is 0.0716 e. The third-order valence-electron chi connectivity index (χ3n) is 2.87. The van der Waals surface area contributed by atoms with Crippen molar-refractivity contribution < 1.29 is 4.74 Å². The summed E-state index contributed by atoms with van der Waals surface area (Å²) in [5.41, 5.74) is 2.94. The maximum atomic E-state index is 5.70. The Balaban J connectivity index is 2.26. The number of hydrogen-bond donors (Lipinski definition) is 1. The lowest BCUT2D eigenvalue weighted by Crippen LogP contribution is -2.11. The summed E-state index contributed by atoms with van der Waals surface area (Å²) in [5.74, 6) is 0.